The molecule has 8 rings (SSSR count). The number of carbonyl (C=O) groups is 2. The van der Waals surface area contributed by atoms with Crippen molar-refractivity contribution >= 4 is 35.1 Å². The molecule has 0 saturated heterocycles. The molecule has 1 aromatic heterocycles. The van der Waals surface area contributed by atoms with E-state index in [2.05, 4.69) is 16.4 Å². The molecule has 10 nitrogen and oxygen atoms in total. The lowest BCUT2D eigenvalue weighted by molar-refractivity contribution is -0.142. The fourth-order valence-corrected chi connectivity index (χ4v) is 7.66. The first kappa shape index (κ1) is 39.4. The van der Waals surface area contributed by atoms with Crippen LogP contribution in [-0.4, -0.2) is 45.6 Å². The minimum absolute atomic E-state index is 0.104. The summed E-state index contributed by atoms with van der Waals surface area (Å²) in [5, 5.41) is 23.2. The Kier molecular flexibility index (Phi) is 11.8. The van der Waals surface area contributed by atoms with E-state index in [4.69, 9.17) is 42.7 Å². The summed E-state index contributed by atoms with van der Waals surface area (Å²) in [7, 11) is 0. The van der Waals surface area contributed by atoms with Gasteiger partial charge in [0.2, 0.25) is 5.91 Å². The summed E-state index contributed by atoms with van der Waals surface area (Å²) >= 11 is 12.2. The summed E-state index contributed by atoms with van der Waals surface area (Å²) in [5.41, 5.74) is 7.74. The first-order valence-corrected chi connectivity index (χ1v) is 19.8. The Labute approximate surface area is 351 Å². The molecule has 0 aliphatic carbocycles. The molecule has 0 fully saturated rings. The second kappa shape index (κ2) is 17.6. The van der Waals surface area contributed by atoms with Crippen molar-refractivity contribution in [1.29, 1.82) is 5.26 Å². The molecule has 0 bridgehead atoms. The number of fused-ring (bicyclic) bond motifs is 2. The van der Waals surface area contributed by atoms with Crippen molar-refractivity contribution in [2.45, 2.75) is 50.7 Å². The smallest absolute Gasteiger partial charge is 0.326 e. The number of ether oxygens (including phenoxy) is 3. The molecule has 0 radical (unpaired) electrons. The van der Waals surface area contributed by atoms with Crippen LogP contribution in [0.1, 0.15) is 45.2 Å². The van der Waals surface area contributed by atoms with E-state index < -0.39 is 18.1 Å². The average Bonchev–Trinajstić information content (AvgIpc) is 3.26. The molecule has 2 aliphatic rings. The van der Waals surface area contributed by atoms with Crippen LogP contribution in [0.3, 0.4) is 0 Å². The van der Waals surface area contributed by atoms with Crippen molar-refractivity contribution in [3.8, 4) is 34.4 Å². The highest BCUT2D eigenvalue weighted by atomic mass is 35.5. The standard InChI is InChI=1S/C47H38Cl2N4O6/c48-39-17-8-31(19-40(39)49)27-57-38-15-13-34(14-16-38)45-28-58-43-22-35-21-42(53(25-36(35)23-44(43)59-45)26-37-3-1-2-18-51-37)46(54)52-41(47(55)56)20-29-4-9-32(10-5-29)33-11-6-30(24-50)7-12-33/h1-19,22-23,41-42,45H,20-21,25-28H2,(H,52,54)(H,55,56)/t41-,42-,45?/m0/s1. The quantitative estimate of drug-likeness (QED) is 0.124. The van der Waals surface area contributed by atoms with E-state index in [0.29, 0.717) is 65.6 Å². The Morgan fingerprint density at radius 3 is 2.31 bits per heavy atom. The maximum absolute atomic E-state index is 14.1. The Balaban J connectivity index is 0.955. The predicted octanol–water partition coefficient (Wildman–Crippen LogP) is 8.76. The maximum Gasteiger partial charge on any atom is 0.326 e. The number of halogens is 2. The summed E-state index contributed by atoms with van der Waals surface area (Å²) in [6, 6.07) is 37.8. The minimum Gasteiger partial charge on any atom is -0.489 e. The van der Waals surface area contributed by atoms with E-state index >= 15 is 0 Å². The van der Waals surface area contributed by atoms with Crippen molar-refractivity contribution in [2.75, 3.05) is 6.61 Å². The third kappa shape index (κ3) is 9.35. The van der Waals surface area contributed by atoms with Crippen LogP contribution in [0, 0.1) is 11.3 Å². The number of nitrogens with one attached hydrogen (secondary N) is 1. The third-order valence-corrected chi connectivity index (χ3v) is 11.3. The number of carbonyl (C=O) groups excluding carboxylic acids is 1. The Hall–Kier alpha value is -6.38. The molecule has 3 atom stereocenters. The van der Waals surface area contributed by atoms with Crippen LogP contribution in [0.2, 0.25) is 10.0 Å². The number of nitrogens with zero attached hydrogens (tertiary/aromatic N) is 3. The van der Waals surface area contributed by atoms with Crippen molar-refractivity contribution in [3.05, 3.63) is 177 Å². The number of hydrogen-bond acceptors (Lipinski definition) is 8. The van der Waals surface area contributed by atoms with Gasteiger partial charge in [0.15, 0.2) is 17.6 Å². The Morgan fingerprint density at radius 1 is 0.881 bits per heavy atom. The lowest BCUT2D eigenvalue weighted by atomic mass is 9.92. The van der Waals surface area contributed by atoms with Crippen LogP contribution >= 0.6 is 23.2 Å². The lowest BCUT2D eigenvalue weighted by Gasteiger charge is -2.37. The zero-order valence-electron chi connectivity index (χ0n) is 31.7. The molecule has 0 spiro atoms. The van der Waals surface area contributed by atoms with Crippen LogP contribution in [0.15, 0.2) is 128 Å². The molecular weight excluding hydrogens is 787 g/mol. The Bertz CT molecular complexity index is 2510. The highest BCUT2D eigenvalue weighted by Crippen LogP contribution is 2.41. The van der Waals surface area contributed by atoms with E-state index in [-0.39, 0.29) is 18.4 Å². The zero-order chi connectivity index (χ0) is 40.9. The van der Waals surface area contributed by atoms with Gasteiger partial charge in [0.25, 0.3) is 0 Å². The number of rotatable bonds is 12. The number of benzene rings is 5. The lowest BCUT2D eigenvalue weighted by Crippen LogP contribution is -2.54. The molecular formula is C47H38Cl2N4O6. The van der Waals surface area contributed by atoms with Crippen LogP contribution < -0.4 is 19.5 Å². The van der Waals surface area contributed by atoms with Gasteiger partial charge in [0, 0.05) is 25.7 Å². The number of amides is 1. The molecule has 0 saturated carbocycles. The molecule has 12 heteroatoms. The largest absolute Gasteiger partial charge is 0.489 e. The van der Waals surface area contributed by atoms with E-state index in [0.717, 1.165) is 44.6 Å². The van der Waals surface area contributed by atoms with Crippen LogP contribution in [0.5, 0.6) is 17.2 Å². The monoisotopic (exact) mass is 824 g/mol. The van der Waals surface area contributed by atoms with E-state index in [1.165, 1.54) is 0 Å². The van der Waals surface area contributed by atoms with Gasteiger partial charge < -0.3 is 24.6 Å². The minimum atomic E-state index is -1.15. The molecule has 2 N–H and O–H groups in total. The van der Waals surface area contributed by atoms with Crippen LogP contribution in [0.4, 0.5) is 0 Å². The molecule has 59 heavy (non-hydrogen) atoms. The number of aliphatic carboxylic acids is 1. The summed E-state index contributed by atoms with van der Waals surface area (Å²) in [6.45, 7) is 1.42. The molecule has 3 heterocycles. The summed E-state index contributed by atoms with van der Waals surface area (Å²) in [6.07, 6.45) is 1.80. The molecule has 2 aliphatic heterocycles. The van der Waals surface area contributed by atoms with Gasteiger partial charge in [-0.05, 0) is 106 Å². The van der Waals surface area contributed by atoms with Gasteiger partial charge in [0.05, 0.1) is 33.4 Å². The van der Waals surface area contributed by atoms with Crippen molar-refractivity contribution in [1.82, 2.24) is 15.2 Å². The Morgan fingerprint density at radius 2 is 1.61 bits per heavy atom. The van der Waals surface area contributed by atoms with Gasteiger partial charge in [-0.1, -0.05) is 83.9 Å². The number of nitriles is 1. The third-order valence-electron chi connectivity index (χ3n) is 10.5. The maximum atomic E-state index is 14.1. The number of aromatic nitrogens is 1. The second-order valence-corrected chi connectivity index (χ2v) is 15.3. The number of hydrogen-bond donors (Lipinski definition) is 2. The number of pyridine rings is 1. The van der Waals surface area contributed by atoms with E-state index in [1.54, 1.807) is 30.5 Å². The van der Waals surface area contributed by atoms with Gasteiger partial charge >= 0.3 is 5.97 Å². The molecule has 296 valence electrons. The first-order chi connectivity index (χ1) is 28.7. The molecule has 5 aromatic carbocycles. The molecule has 6 aromatic rings. The van der Waals surface area contributed by atoms with Gasteiger partial charge in [-0.2, -0.15) is 5.26 Å². The van der Waals surface area contributed by atoms with E-state index in [9.17, 15) is 14.7 Å². The fourth-order valence-electron chi connectivity index (χ4n) is 7.34. The van der Waals surface area contributed by atoms with Crippen LogP contribution in [0.25, 0.3) is 11.1 Å². The van der Waals surface area contributed by atoms with Crippen molar-refractivity contribution < 1.29 is 28.9 Å². The highest BCUT2D eigenvalue weighted by molar-refractivity contribution is 6.42. The topological polar surface area (TPSA) is 134 Å². The van der Waals surface area contributed by atoms with Gasteiger partial charge in [-0.3, -0.25) is 14.7 Å². The highest BCUT2D eigenvalue weighted by Gasteiger charge is 2.36. The SMILES string of the molecule is N#Cc1ccc(-c2ccc(C[C@H](NC(=O)[C@@H]3Cc4cc5c(cc4CN3Cc3ccccn3)OC(c3ccc(OCc4ccc(Cl)c(Cl)c4)cc3)CO5)C(=O)O)cc2)cc1. The molecule has 1 amide bonds. The summed E-state index contributed by atoms with van der Waals surface area (Å²) in [5.74, 6) is 0.389. The van der Waals surface area contributed by atoms with E-state index in [1.807, 2.05) is 102 Å². The van der Waals surface area contributed by atoms with Crippen molar-refractivity contribution in [3.63, 3.8) is 0 Å². The average molecular weight is 826 g/mol. The van der Waals surface area contributed by atoms with Gasteiger partial charge in [0.1, 0.15) is 25.0 Å². The number of carboxylic acids is 1. The fraction of sp³-hybridized carbons (Fsp3) is 0.191. The predicted molar refractivity (Wildman–Crippen MR) is 223 cm³/mol. The van der Waals surface area contributed by atoms with Crippen molar-refractivity contribution in [2.24, 2.45) is 0 Å². The van der Waals surface area contributed by atoms with Gasteiger partial charge in [-0.25, -0.2) is 4.79 Å². The van der Waals surface area contributed by atoms with Crippen LogP contribution in [-0.2, 0) is 42.1 Å². The second-order valence-electron chi connectivity index (χ2n) is 14.5. The summed E-state index contributed by atoms with van der Waals surface area (Å²) in [4.78, 5) is 33.2. The number of carboxylic acid groups (broad SMARTS) is 1. The zero-order valence-corrected chi connectivity index (χ0v) is 33.2. The first-order valence-electron chi connectivity index (χ1n) is 19.1. The normalized spacial score (nSPS) is 16.3. The molecule has 1 unspecified atom stereocenters. The summed E-state index contributed by atoms with van der Waals surface area (Å²) < 4.78 is 18.7. The van der Waals surface area contributed by atoms with Gasteiger partial charge in [-0.15, -0.1) is 0 Å².